The monoisotopic (exact) mass is 343 g/mol. The molecular weight excluding hydrogens is 326 g/mol. The van der Waals surface area contributed by atoms with Crippen molar-refractivity contribution in [2.45, 2.75) is 13.5 Å². The third-order valence-corrected chi connectivity index (χ3v) is 3.73. The number of amides is 1. The van der Waals surface area contributed by atoms with Gasteiger partial charge >= 0.3 is 0 Å². The Labute approximate surface area is 151 Å². The fourth-order valence-corrected chi connectivity index (χ4v) is 2.28. The van der Waals surface area contributed by atoms with Crippen molar-refractivity contribution in [2.75, 3.05) is 10.6 Å². The summed E-state index contributed by atoms with van der Waals surface area (Å²) in [4.78, 5) is 20.7. The van der Waals surface area contributed by atoms with Crippen molar-refractivity contribution in [3.63, 3.8) is 0 Å². The molecule has 6 heteroatoms. The highest BCUT2D eigenvalue weighted by atomic mass is 16.1. The molecule has 3 rings (SSSR count). The first kappa shape index (κ1) is 17.1. The van der Waals surface area contributed by atoms with Gasteiger partial charge in [0.15, 0.2) is 0 Å². The summed E-state index contributed by atoms with van der Waals surface area (Å²) < 4.78 is 0. The van der Waals surface area contributed by atoms with Gasteiger partial charge in [0.2, 0.25) is 5.95 Å². The normalized spacial score (nSPS) is 10.0. The Morgan fingerprint density at radius 2 is 1.81 bits per heavy atom. The number of benzene rings is 2. The van der Waals surface area contributed by atoms with Gasteiger partial charge < -0.3 is 10.6 Å². The lowest BCUT2D eigenvalue weighted by Gasteiger charge is -2.08. The number of carbonyl (C=O) groups excluding carboxylic acids is 1. The van der Waals surface area contributed by atoms with Crippen LogP contribution in [0.25, 0.3) is 0 Å². The van der Waals surface area contributed by atoms with Gasteiger partial charge in [0.25, 0.3) is 5.91 Å². The molecule has 0 saturated carbocycles. The number of anilines is 2. The molecule has 0 bridgehead atoms. The van der Waals surface area contributed by atoms with E-state index in [1.165, 1.54) is 11.8 Å². The van der Waals surface area contributed by atoms with E-state index in [4.69, 9.17) is 5.26 Å². The third kappa shape index (κ3) is 4.42. The molecule has 2 N–H and O–H groups in total. The van der Waals surface area contributed by atoms with E-state index in [1.54, 1.807) is 30.3 Å². The molecule has 0 aliphatic rings. The number of hydrogen-bond acceptors (Lipinski definition) is 5. The Morgan fingerprint density at radius 3 is 2.50 bits per heavy atom. The van der Waals surface area contributed by atoms with E-state index < -0.39 is 0 Å². The first-order valence-electron chi connectivity index (χ1n) is 8.08. The zero-order chi connectivity index (χ0) is 18.4. The van der Waals surface area contributed by atoms with Crippen molar-refractivity contribution >= 4 is 17.5 Å². The Morgan fingerprint density at radius 1 is 1.08 bits per heavy atom. The van der Waals surface area contributed by atoms with Crippen molar-refractivity contribution in [3.05, 3.63) is 83.2 Å². The van der Waals surface area contributed by atoms with Crippen LogP contribution in [0, 0.1) is 18.3 Å². The summed E-state index contributed by atoms with van der Waals surface area (Å²) in [6.07, 6.45) is 1.54. The molecular formula is C20H17N5O. The highest BCUT2D eigenvalue weighted by molar-refractivity contribution is 6.02. The van der Waals surface area contributed by atoms with E-state index in [0.29, 0.717) is 23.7 Å². The Bertz CT molecular complexity index is 943. The third-order valence-electron chi connectivity index (χ3n) is 3.73. The zero-order valence-corrected chi connectivity index (χ0v) is 14.2. The maximum Gasteiger partial charge on any atom is 0.274 e. The van der Waals surface area contributed by atoms with Crippen LogP contribution in [0.1, 0.15) is 27.2 Å². The average Bonchev–Trinajstić information content (AvgIpc) is 2.68. The smallest absolute Gasteiger partial charge is 0.274 e. The molecule has 0 unspecified atom stereocenters. The molecule has 128 valence electrons. The van der Waals surface area contributed by atoms with Crippen LogP contribution in [-0.2, 0) is 6.54 Å². The summed E-state index contributed by atoms with van der Waals surface area (Å²) in [6, 6.07) is 18.4. The standard InChI is InChI=1S/C20H17N5O/c1-14-2-4-16(5-3-14)13-23-20-22-11-10-18(25-20)19(26)24-17-8-6-15(12-21)7-9-17/h2-11H,13H2,1H3,(H,24,26)(H,22,23,25). The quantitative estimate of drug-likeness (QED) is 0.739. The largest absolute Gasteiger partial charge is 0.350 e. The van der Waals surface area contributed by atoms with Crippen LogP contribution in [0.2, 0.25) is 0 Å². The average molecular weight is 343 g/mol. The fourth-order valence-electron chi connectivity index (χ4n) is 2.28. The second-order valence-electron chi connectivity index (χ2n) is 5.75. The van der Waals surface area contributed by atoms with Gasteiger partial charge in [0.05, 0.1) is 11.6 Å². The van der Waals surface area contributed by atoms with Gasteiger partial charge in [0.1, 0.15) is 5.69 Å². The summed E-state index contributed by atoms with van der Waals surface area (Å²) in [5.41, 5.74) is 3.70. The highest BCUT2D eigenvalue weighted by Gasteiger charge is 2.09. The highest BCUT2D eigenvalue weighted by Crippen LogP contribution is 2.11. The van der Waals surface area contributed by atoms with Crippen LogP contribution in [0.5, 0.6) is 0 Å². The summed E-state index contributed by atoms with van der Waals surface area (Å²) in [5.74, 6) is 0.0496. The summed E-state index contributed by atoms with van der Waals surface area (Å²) in [5, 5.41) is 14.7. The summed E-state index contributed by atoms with van der Waals surface area (Å²) >= 11 is 0. The molecule has 0 aliphatic heterocycles. The summed E-state index contributed by atoms with van der Waals surface area (Å²) in [7, 11) is 0. The lowest BCUT2D eigenvalue weighted by molar-refractivity contribution is 0.102. The molecule has 0 saturated heterocycles. The van der Waals surface area contributed by atoms with Gasteiger partial charge in [-0.15, -0.1) is 0 Å². The van der Waals surface area contributed by atoms with E-state index in [-0.39, 0.29) is 11.6 Å². The first-order valence-corrected chi connectivity index (χ1v) is 8.08. The molecule has 0 fully saturated rings. The maximum atomic E-state index is 12.3. The molecule has 3 aromatic rings. The lowest BCUT2D eigenvalue weighted by atomic mass is 10.1. The molecule has 26 heavy (non-hydrogen) atoms. The molecule has 0 radical (unpaired) electrons. The van der Waals surface area contributed by atoms with E-state index in [0.717, 1.165) is 5.56 Å². The van der Waals surface area contributed by atoms with Crippen molar-refractivity contribution in [3.8, 4) is 6.07 Å². The van der Waals surface area contributed by atoms with Crippen LogP contribution in [-0.4, -0.2) is 15.9 Å². The summed E-state index contributed by atoms with van der Waals surface area (Å²) in [6.45, 7) is 2.61. The maximum absolute atomic E-state index is 12.3. The van der Waals surface area contributed by atoms with Gasteiger partial charge in [-0.05, 0) is 42.8 Å². The Hall–Kier alpha value is -3.72. The van der Waals surface area contributed by atoms with E-state index >= 15 is 0 Å². The molecule has 1 amide bonds. The van der Waals surface area contributed by atoms with Crippen LogP contribution < -0.4 is 10.6 Å². The predicted octanol–water partition coefficient (Wildman–Crippen LogP) is 3.52. The number of nitrogens with zero attached hydrogens (tertiary/aromatic N) is 3. The molecule has 0 spiro atoms. The van der Waals surface area contributed by atoms with E-state index in [2.05, 4.69) is 20.6 Å². The minimum atomic E-state index is -0.338. The van der Waals surface area contributed by atoms with Crippen molar-refractivity contribution < 1.29 is 4.79 Å². The Balaban J connectivity index is 1.64. The first-order chi connectivity index (χ1) is 12.6. The van der Waals surface area contributed by atoms with Crippen LogP contribution in [0.15, 0.2) is 60.8 Å². The minimum Gasteiger partial charge on any atom is -0.350 e. The van der Waals surface area contributed by atoms with Crippen molar-refractivity contribution in [1.29, 1.82) is 5.26 Å². The van der Waals surface area contributed by atoms with E-state index in [9.17, 15) is 4.79 Å². The number of hydrogen-bond donors (Lipinski definition) is 2. The second kappa shape index (κ2) is 7.90. The number of rotatable bonds is 5. The van der Waals surface area contributed by atoms with E-state index in [1.807, 2.05) is 37.3 Å². The SMILES string of the molecule is Cc1ccc(CNc2nccc(C(=O)Nc3ccc(C#N)cc3)n2)cc1. The number of carbonyl (C=O) groups is 1. The number of nitrogens with one attached hydrogen (secondary N) is 2. The van der Waals surface area contributed by atoms with Crippen LogP contribution in [0.3, 0.4) is 0 Å². The van der Waals surface area contributed by atoms with Crippen LogP contribution >= 0.6 is 0 Å². The second-order valence-corrected chi connectivity index (χ2v) is 5.75. The van der Waals surface area contributed by atoms with Gasteiger partial charge in [-0.25, -0.2) is 9.97 Å². The number of nitriles is 1. The van der Waals surface area contributed by atoms with Gasteiger partial charge in [-0.1, -0.05) is 29.8 Å². The van der Waals surface area contributed by atoms with Crippen molar-refractivity contribution in [1.82, 2.24) is 9.97 Å². The lowest BCUT2D eigenvalue weighted by Crippen LogP contribution is -2.15. The molecule has 1 heterocycles. The van der Waals surface area contributed by atoms with Gasteiger partial charge in [0, 0.05) is 18.4 Å². The minimum absolute atomic E-state index is 0.260. The van der Waals surface area contributed by atoms with Crippen molar-refractivity contribution in [2.24, 2.45) is 0 Å². The zero-order valence-electron chi connectivity index (χ0n) is 14.2. The number of aryl methyl sites for hydroxylation is 1. The topological polar surface area (TPSA) is 90.7 Å². The van der Waals surface area contributed by atoms with Gasteiger partial charge in [-0.2, -0.15) is 5.26 Å². The molecule has 1 aromatic heterocycles. The molecule has 2 aromatic carbocycles. The molecule has 0 atom stereocenters. The van der Waals surface area contributed by atoms with Gasteiger partial charge in [-0.3, -0.25) is 4.79 Å². The number of aromatic nitrogens is 2. The molecule has 0 aliphatic carbocycles. The fraction of sp³-hybridized carbons (Fsp3) is 0.100. The predicted molar refractivity (Wildman–Crippen MR) is 99.6 cm³/mol. The van der Waals surface area contributed by atoms with Crippen LogP contribution in [0.4, 0.5) is 11.6 Å². The molecule has 6 nitrogen and oxygen atoms in total. The Kier molecular flexibility index (Phi) is 5.20.